The molecule has 1 amide bonds. The summed E-state index contributed by atoms with van der Waals surface area (Å²) in [5, 5.41) is 9.78. The van der Waals surface area contributed by atoms with Crippen molar-refractivity contribution in [2.45, 2.75) is 38.0 Å². The van der Waals surface area contributed by atoms with E-state index >= 15 is 0 Å². The first kappa shape index (κ1) is 19.8. The van der Waals surface area contributed by atoms with Crippen LogP contribution in [0, 0.1) is 0 Å². The van der Waals surface area contributed by atoms with Crippen molar-refractivity contribution in [2.24, 2.45) is 0 Å². The Kier molecular flexibility index (Phi) is 5.58. The van der Waals surface area contributed by atoms with Gasteiger partial charge in [-0.2, -0.15) is 18.3 Å². The molecule has 5 nitrogen and oxygen atoms in total. The third-order valence-electron chi connectivity index (χ3n) is 4.32. The van der Waals surface area contributed by atoms with Crippen molar-refractivity contribution in [3.63, 3.8) is 0 Å². The summed E-state index contributed by atoms with van der Waals surface area (Å²) in [4.78, 5) is 12.2. The molecular weight excluding hydrogens is 404 g/mol. The lowest BCUT2D eigenvalue weighted by atomic mass is 9.97. The first-order valence-corrected chi connectivity index (χ1v) is 9.12. The molecule has 0 spiro atoms. The maximum Gasteiger partial charge on any atom is 0.410 e. The van der Waals surface area contributed by atoms with Gasteiger partial charge in [-0.05, 0) is 24.1 Å². The van der Waals surface area contributed by atoms with Crippen LogP contribution in [-0.4, -0.2) is 28.4 Å². The number of hydrogen-bond donors (Lipinski definition) is 2. The van der Waals surface area contributed by atoms with Crippen LogP contribution < -0.4 is 10.6 Å². The lowest BCUT2D eigenvalue weighted by Crippen LogP contribution is -2.36. The minimum Gasteiger partial charge on any atom is -0.362 e. The largest absolute Gasteiger partial charge is 0.410 e. The number of alkyl halides is 3. The van der Waals surface area contributed by atoms with Crippen LogP contribution >= 0.6 is 23.2 Å². The maximum absolute atomic E-state index is 13.7. The molecule has 0 unspecified atom stereocenters. The van der Waals surface area contributed by atoms with E-state index in [2.05, 4.69) is 15.7 Å². The number of fused-ring (bicyclic) bond motifs is 1. The number of nitrogens with zero attached hydrogens (tertiary/aromatic N) is 2. The molecule has 2 N–H and O–H groups in total. The first-order valence-electron chi connectivity index (χ1n) is 8.37. The highest BCUT2D eigenvalue weighted by Crippen LogP contribution is 2.46. The van der Waals surface area contributed by atoms with E-state index in [1.165, 1.54) is 0 Å². The van der Waals surface area contributed by atoms with Crippen LogP contribution in [0.1, 0.15) is 47.9 Å². The van der Waals surface area contributed by atoms with Crippen molar-refractivity contribution in [1.82, 2.24) is 15.1 Å². The van der Waals surface area contributed by atoms with Gasteiger partial charge in [0.1, 0.15) is 10.8 Å². The van der Waals surface area contributed by atoms with Gasteiger partial charge in [-0.15, -0.1) is 0 Å². The molecule has 0 fully saturated rings. The van der Waals surface area contributed by atoms with Gasteiger partial charge in [-0.25, -0.2) is 4.68 Å². The van der Waals surface area contributed by atoms with Crippen molar-refractivity contribution >= 4 is 34.9 Å². The lowest BCUT2D eigenvalue weighted by molar-refractivity contribution is -0.173. The summed E-state index contributed by atoms with van der Waals surface area (Å²) in [6.07, 6.45) is -4.15. The fraction of sp³-hybridized carbons (Fsp3) is 0.412. The van der Waals surface area contributed by atoms with E-state index in [0.717, 1.165) is 4.68 Å². The molecule has 146 valence electrons. The van der Waals surface area contributed by atoms with Crippen LogP contribution in [0.3, 0.4) is 0 Å². The summed E-state index contributed by atoms with van der Waals surface area (Å²) in [6, 6.07) is 3.97. The highest BCUT2D eigenvalue weighted by molar-refractivity contribution is 6.36. The molecule has 2 atom stereocenters. The molecule has 3 rings (SSSR count). The van der Waals surface area contributed by atoms with E-state index in [-0.39, 0.29) is 23.0 Å². The van der Waals surface area contributed by atoms with Crippen molar-refractivity contribution in [2.75, 3.05) is 11.9 Å². The average molecular weight is 421 g/mol. The van der Waals surface area contributed by atoms with Gasteiger partial charge in [0, 0.05) is 18.0 Å². The second-order valence-electron chi connectivity index (χ2n) is 6.25. The number of rotatable bonds is 4. The summed E-state index contributed by atoms with van der Waals surface area (Å²) >= 11 is 12.1. The summed E-state index contributed by atoms with van der Waals surface area (Å²) in [5.74, 6) is -0.624. The molecule has 1 aromatic heterocycles. The molecule has 0 saturated carbocycles. The number of carbonyl (C=O) groups is 1. The first-order chi connectivity index (χ1) is 12.7. The molecule has 0 aliphatic carbocycles. The van der Waals surface area contributed by atoms with Gasteiger partial charge < -0.3 is 10.6 Å². The molecule has 0 bridgehead atoms. The van der Waals surface area contributed by atoms with Crippen LogP contribution in [-0.2, 0) is 0 Å². The Labute approximate surface area is 163 Å². The van der Waals surface area contributed by atoms with Crippen LogP contribution in [0.4, 0.5) is 19.0 Å². The summed E-state index contributed by atoms with van der Waals surface area (Å²) in [7, 11) is 0. The fourth-order valence-corrected chi connectivity index (χ4v) is 3.36. The smallest absolute Gasteiger partial charge is 0.362 e. The van der Waals surface area contributed by atoms with Gasteiger partial charge in [0.2, 0.25) is 0 Å². The second-order valence-corrected chi connectivity index (χ2v) is 7.07. The average Bonchev–Trinajstić information content (AvgIpc) is 2.95. The Morgan fingerprint density at radius 2 is 2.00 bits per heavy atom. The quantitative estimate of drug-likeness (QED) is 0.732. The number of benzene rings is 1. The number of carbonyl (C=O) groups excluding carboxylic acids is 1. The van der Waals surface area contributed by atoms with E-state index in [1.54, 1.807) is 24.3 Å². The monoisotopic (exact) mass is 420 g/mol. The predicted octanol–water partition coefficient (Wildman–Crippen LogP) is 4.99. The molecule has 1 aliphatic rings. The molecule has 0 saturated heterocycles. The lowest BCUT2D eigenvalue weighted by Gasteiger charge is -2.33. The number of hydrogen-bond acceptors (Lipinski definition) is 3. The minimum atomic E-state index is -4.55. The van der Waals surface area contributed by atoms with Crippen LogP contribution in [0.2, 0.25) is 10.0 Å². The topological polar surface area (TPSA) is 59.0 Å². The Morgan fingerprint density at radius 3 is 2.59 bits per heavy atom. The normalized spacial score (nSPS) is 19.3. The minimum absolute atomic E-state index is 0.0214. The van der Waals surface area contributed by atoms with Gasteiger partial charge in [0.05, 0.1) is 6.04 Å². The van der Waals surface area contributed by atoms with Gasteiger partial charge in [-0.1, -0.05) is 42.3 Å². The molecule has 1 aliphatic heterocycles. The van der Waals surface area contributed by atoms with Gasteiger partial charge in [-0.3, -0.25) is 4.79 Å². The van der Waals surface area contributed by atoms with Crippen molar-refractivity contribution in [3.05, 3.63) is 45.6 Å². The Hall–Kier alpha value is -1.93. The van der Waals surface area contributed by atoms with E-state index in [0.29, 0.717) is 23.6 Å². The summed E-state index contributed by atoms with van der Waals surface area (Å²) in [5.41, 5.74) is 0.410. The Morgan fingerprint density at radius 1 is 1.33 bits per heavy atom. The van der Waals surface area contributed by atoms with E-state index in [9.17, 15) is 18.0 Å². The number of amides is 1. The van der Waals surface area contributed by atoms with Crippen molar-refractivity contribution in [3.8, 4) is 0 Å². The van der Waals surface area contributed by atoms with Crippen molar-refractivity contribution < 1.29 is 18.0 Å². The Balaban J connectivity index is 2.01. The van der Waals surface area contributed by atoms with Gasteiger partial charge in [0.25, 0.3) is 5.91 Å². The van der Waals surface area contributed by atoms with Gasteiger partial charge >= 0.3 is 6.18 Å². The van der Waals surface area contributed by atoms with Crippen LogP contribution in [0.25, 0.3) is 0 Å². The van der Waals surface area contributed by atoms with E-state index in [4.69, 9.17) is 23.2 Å². The molecule has 2 heterocycles. The van der Waals surface area contributed by atoms with E-state index < -0.39 is 24.2 Å². The zero-order valence-corrected chi connectivity index (χ0v) is 15.8. The zero-order chi connectivity index (χ0) is 19.8. The van der Waals surface area contributed by atoms with Crippen LogP contribution in [0.5, 0.6) is 0 Å². The highest BCUT2D eigenvalue weighted by Gasteiger charge is 2.47. The van der Waals surface area contributed by atoms with E-state index in [1.807, 2.05) is 6.92 Å². The number of halogens is 5. The predicted molar refractivity (Wildman–Crippen MR) is 97.4 cm³/mol. The molecule has 2 aromatic rings. The summed E-state index contributed by atoms with van der Waals surface area (Å²) < 4.78 is 41.8. The SMILES string of the molecule is CCCNC(=O)c1nn2c(c1Cl)N[C@H](c1ccc(Cl)cc1)C[C@@H]2C(F)(F)F. The molecule has 1 aromatic carbocycles. The summed E-state index contributed by atoms with van der Waals surface area (Å²) in [6.45, 7) is 2.24. The standard InChI is InChI=1S/C17H17Cl2F3N4O/c1-2-7-23-16(27)14-13(19)15-24-11(9-3-5-10(18)6-4-9)8-12(17(20,21)22)26(15)25-14/h3-6,11-12,24H,2,7-8H2,1H3,(H,23,27)/t11-,12+/m0/s1. The van der Waals surface area contributed by atoms with Crippen molar-refractivity contribution in [1.29, 1.82) is 0 Å². The highest BCUT2D eigenvalue weighted by atomic mass is 35.5. The Bertz CT molecular complexity index is 836. The zero-order valence-electron chi connectivity index (χ0n) is 14.3. The molecule has 0 radical (unpaired) electrons. The third-order valence-corrected chi connectivity index (χ3v) is 4.93. The second kappa shape index (κ2) is 7.59. The molecule has 10 heteroatoms. The van der Waals surface area contributed by atoms with Gasteiger partial charge in [0.15, 0.2) is 11.7 Å². The number of aromatic nitrogens is 2. The molecule has 27 heavy (non-hydrogen) atoms. The maximum atomic E-state index is 13.7. The molecular formula is C17H17Cl2F3N4O. The third kappa shape index (κ3) is 4.01. The van der Waals surface area contributed by atoms with Crippen LogP contribution in [0.15, 0.2) is 24.3 Å². The number of anilines is 1. The number of nitrogens with one attached hydrogen (secondary N) is 2. The fourth-order valence-electron chi connectivity index (χ4n) is 2.97.